The van der Waals surface area contributed by atoms with Crippen molar-refractivity contribution >= 4 is 11.7 Å². The summed E-state index contributed by atoms with van der Waals surface area (Å²) in [5.74, 6) is 1.85. The number of hydrogen-bond acceptors (Lipinski definition) is 5. The molecule has 2 aromatic rings. The summed E-state index contributed by atoms with van der Waals surface area (Å²) >= 11 is 0. The summed E-state index contributed by atoms with van der Waals surface area (Å²) in [5, 5.41) is 2.90. The number of unbranched alkanes of at least 4 members (excludes halogenated alkanes) is 1. The molecule has 0 unspecified atom stereocenters. The Labute approximate surface area is 147 Å². The fourth-order valence-corrected chi connectivity index (χ4v) is 2.81. The molecule has 1 aliphatic rings. The van der Waals surface area contributed by atoms with Crippen LogP contribution in [0.2, 0.25) is 0 Å². The van der Waals surface area contributed by atoms with Crippen LogP contribution >= 0.6 is 0 Å². The number of ether oxygens (including phenoxy) is 2. The largest absolute Gasteiger partial charge is 0.450 e. The molecule has 1 aromatic heterocycles. The molecule has 132 valence electrons. The lowest BCUT2D eigenvalue weighted by Crippen LogP contribution is -2.31. The molecule has 0 bridgehead atoms. The van der Waals surface area contributed by atoms with Gasteiger partial charge in [-0.25, -0.2) is 4.98 Å². The van der Waals surface area contributed by atoms with E-state index in [1.54, 1.807) is 0 Å². The lowest BCUT2D eigenvalue weighted by Gasteiger charge is -2.10. The minimum Gasteiger partial charge on any atom is -0.450 e. The highest BCUT2D eigenvalue weighted by Gasteiger charge is 2.25. The number of nitrogens with zero attached hydrogens (tertiary/aromatic N) is 1. The van der Waals surface area contributed by atoms with E-state index < -0.39 is 6.29 Å². The smallest absolute Gasteiger partial charge is 0.250 e. The SMILES string of the molecule is Cc1cc(N)nc(CCCCNC(=O)CC2Oc3ccccc3O2)c1. The molecule has 0 spiro atoms. The Bertz CT molecular complexity index is 703. The van der Waals surface area contributed by atoms with Crippen molar-refractivity contribution in [2.45, 2.75) is 38.9 Å². The van der Waals surface area contributed by atoms with Crippen molar-refractivity contribution in [3.8, 4) is 11.5 Å². The summed E-state index contributed by atoms with van der Waals surface area (Å²) in [6.07, 6.45) is 2.32. The summed E-state index contributed by atoms with van der Waals surface area (Å²) in [6, 6.07) is 11.3. The third kappa shape index (κ3) is 4.86. The maximum Gasteiger partial charge on any atom is 0.250 e. The first-order valence-electron chi connectivity index (χ1n) is 8.52. The van der Waals surface area contributed by atoms with Gasteiger partial charge in [-0.1, -0.05) is 12.1 Å². The molecule has 2 heterocycles. The van der Waals surface area contributed by atoms with Crippen molar-refractivity contribution < 1.29 is 14.3 Å². The lowest BCUT2D eigenvalue weighted by atomic mass is 10.1. The van der Waals surface area contributed by atoms with E-state index in [0.29, 0.717) is 23.9 Å². The molecule has 3 rings (SSSR count). The van der Waals surface area contributed by atoms with Crippen LogP contribution in [0.15, 0.2) is 36.4 Å². The zero-order valence-electron chi connectivity index (χ0n) is 14.3. The number of aryl methyl sites for hydroxylation is 2. The second-order valence-electron chi connectivity index (χ2n) is 6.18. The van der Waals surface area contributed by atoms with Crippen LogP contribution < -0.4 is 20.5 Å². The van der Waals surface area contributed by atoms with Gasteiger partial charge in [0.1, 0.15) is 12.2 Å². The Hall–Kier alpha value is -2.76. The Morgan fingerprint density at radius 3 is 2.60 bits per heavy atom. The summed E-state index contributed by atoms with van der Waals surface area (Å²) < 4.78 is 11.2. The normalized spacial score (nSPS) is 13.0. The molecule has 3 N–H and O–H groups in total. The van der Waals surface area contributed by atoms with Crippen molar-refractivity contribution in [1.29, 1.82) is 0 Å². The predicted octanol–water partition coefficient (Wildman–Crippen LogP) is 2.60. The number of rotatable bonds is 7. The van der Waals surface area contributed by atoms with Crippen molar-refractivity contribution in [2.75, 3.05) is 12.3 Å². The number of nitrogens with one attached hydrogen (secondary N) is 1. The second kappa shape index (κ2) is 7.88. The highest BCUT2D eigenvalue weighted by molar-refractivity contribution is 5.76. The van der Waals surface area contributed by atoms with E-state index in [0.717, 1.165) is 30.5 Å². The van der Waals surface area contributed by atoms with Crippen LogP contribution in [0.25, 0.3) is 0 Å². The topological polar surface area (TPSA) is 86.5 Å². The van der Waals surface area contributed by atoms with Crippen molar-refractivity contribution in [1.82, 2.24) is 10.3 Å². The molecule has 1 aromatic carbocycles. The number of carbonyl (C=O) groups is 1. The molecule has 0 fully saturated rings. The van der Waals surface area contributed by atoms with E-state index in [2.05, 4.69) is 10.3 Å². The molecule has 1 aliphatic heterocycles. The number of carbonyl (C=O) groups excluding carboxylic acids is 1. The van der Waals surface area contributed by atoms with E-state index >= 15 is 0 Å². The number of pyridine rings is 1. The zero-order chi connectivity index (χ0) is 17.6. The first-order valence-corrected chi connectivity index (χ1v) is 8.52. The highest BCUT2D eigenvalue weighted by atomic mass is 16.7. The molecular formula is C19H23N3O3. The number of nitrogens with two attached hydrogens (primary N) is 1. The zero-order valence-corrected chi connectivity index (χ0v) is 14.3. The average molecular weight is 341 g/mol. The van der Waals surface area contributed by atoms with Gasteiger partial charge in [-0.2, -0.15) is 0 Å². The van der Waals surface area contributed by atoms with Crippen LogP contribution in [0.4, 0.5) is 5.82 Å². The summed E-state index contributed by atoms with van der Waals surface area (Å²) in [6.45, 7) is 2.63. The Balaban J connectivity index is 1.32. The van der Waals surface area contributed by atoms with Crippen molar-refractivity contribution in [3.63, 3.8) is 0 Å². The predicted molar refractivity (Wildman–Crippen MR) is 95.4 cm³/mol. The number of para-hydroxylation sites is 2. The number of anilines is 1. The van der Waals surface area contributed by atoms with Crippen LogP contribution in [0.5, 0.6) is 11.5 Å². The molecule has 0 saturated carbocycles. The molecule has 25 heavy (non-hydrogen) atoms. The number of amides is 1. The van der Waals surface area contributed by atoms with Gasteiger partial charge in [0, 0.05) is 12.2 Å². The Morgan fingerprint density at radius 2 is 1.92 bits per heavy atom. The minimum atomic E-state index is -0.545. The average Bonchev–Trinajstić information content (AvgIpc) is 2.95. The maximum atomic E-state index is 12.0. The third-order valence-corrected chi connectivity index (χ3v) is 3.94. The van der Waals surface area contributed by atoms with Gasteiger partial charge in [-0.05, 0) is 56.0 Å². The number of aromatic nitrogens is 1. The van der Waals surface area contributed by atoms with E-state index in [4.69, 9.17) is 15.2 Å². The van der Waals surface area contributed by atoms with E-state index in [1.807, 2.05) is 43.3 Å². The van der Waals surface area contributed by atoms with Gasteiger partial charge in [0.15, 0.2) is 11.5 Å². The van der Waals surface area contributed by atoms with Gasteiger partial charge < -0.3 is 20.5 Å². The van der Waals surface area contributed by atoms with Crippen LogP contribution in [0, 0.1) is 6.92 Å². The van der Waals surface area contributed by atoms with E-state index in [1.165, 1.54) is 0 Å². The minimum absolute atomic E-state index is 0.0734. The van der Waals surface area contributed by atoms with Gasteiger partial charge in [-0.15, -0.1) is 0 Å². The van der Waals surface area contributed by atoms with Crippen LogP contribution in [-0.4, -0.2) is 23.7 Å². The van der Waals surface area contributed by atoms with Crippen molar-refractivity contribution in [3.05, 3.63) is 47.7 Å². The maximum absolute atomic E-state index is 12.0. The first kappa shape index (κ1) is 17.1. The highest BCUT2D eigenvalue weighted by Crippen LogP contribution is 2.34. The van der Waals surface area contributed by atoms with Gasteiger partial charge in [0.25, 0.3) is 0 Å². The van der Waals surface area contributed by atoms with E-state index in [9.17, 15) is 4.79 Å². The van der Waals surface area contributed by atoms with Gasteiger partial charge >= 0.3 is 0 Å². The van der Waals surface area contributed by atoms with Gasteiger partial charge in [0.2, 0.25) is 12.2 Å². The molecular weight excluding hydrogens is 318 g/mol. The van der Waals surface area contributed by atoms with Crippen LogP contribution in [0.1, 0.15) is 30.5 Å². The van der Waals surface area contributed by atoms with Crippen molar-refractivity contribution in [2.24, 2.45) is 0 Å². The standard InChI is InChI=1S/C19H23N3O3/c1-13-10-14(22-17(20)11-13)6-4-5-9-21-18(23)12-19-24-15-7-2-3-8-16(15)25-19/h2-3,7-8,10-11,19H,4-6,9,12H2,1H3,(H2,20,22)(H,21,23). The van der Waals surface area contributed by atoms with E-state index in [-0.39, 0.29) is 12.3 Å². The second-order valence-corrected chi connectivity index (χ2v) is 6.18. The van der Waals surface area contributed by atoms with Crippen LogP contribution in [-0.2, 0) is 11.2 Å². The molecule has 0 aliphatic carbocycles. The quantitative estimate of drug-likeness (QED) is 0.756. The molecule has 0 atom stereocenters. The fourth-order valence-electron chi connectivity index (χ4n) is 2.81. The summed E-state index contributed by atoms with van der Waals surface area (Å²) in [7, 11) is 0. The number of fused-ring (bicyclic) bond motifs is 1. The number of hydrogen-bond donors (Lipinski definition) is 2. The molecule has 1 amide bonds. The molecule has 0 radical (unpaired) electrons. The summed E-state index contributed by atoms with van der Waals surface area (Å²) in [5.41, 5.74) is 7.86. The molecule has 6 heteroatoms. The monoisotopic (exact) mass is 341 g/mol. The fraction of sp³-hybridized carbons (Fsp3) is 0.368. The van der Waals surface area contributed by atoms with Gasteiger partial charge in [-0.3, -0.25) is 4.79 Å². The molecule has 0 saturated heterocycles. The number of benzene rings is 1. The molecule has 6 nitrogen and oxygen atoms in total. The van der Waals surface area contributed by atoms with Gasteiger partial charge in [0.05, 0.1) is 0 Å². The third-order valence-electron chi connectivity index (χ3n) is 3.94. The first-order chi connectivity index (χ1) is 12.1. The Morgan fingerprint density at radius 1 is 1.20 bits per heavy atom. The number of nitrogen functional groups attached to an aromatic ring is 1. The lowest BCUT2D eigenvalue weighted by molar-refractivity contribution is -0.125. The van der Waals surface area contributed by atoms with Crippen LogP contribution in [0.3, 0.4) is 0 Å². The summed E-state index contributed by atoms with van der Waals surface area (Å²) in [4.78, 5) is 16.3. The Kier molecular flexibility index (Phi) is 5.38.